The Kier molecular flexibility index (Phi) is 4.05. The number of carbonyl (C=O) groups is 1. The van der Waals surface area contributed by atoms with Crippen LogP contribution in [-0.4, -0.2) is 15.7 Å². The van der Waals surface area contributed by atoms with Gasteiger partial charge in [0.1, 0.15) is 6.54 Å². The molecule has 6 nitrogen and oxygen atoms in total. The Labute approximate surface area is 132 Å². The molecule has 116 valence electrons. The lowest BCUT2D eigenvalue weighted by Crippen LogP contribution is -2.36. The molecule has 0 aliphatic rings. The van der Waals surface area contributed by atoms with Gasteiger partial charge in [0.05, 0.1) is 16.8 Å². The number of hydrogen-bond acceptors (Lipinski definition) is 4. The Bertz CT molecular complexity index is 903. The average Bonchev–Trinajstić information content (AvgIpc) is 2.59. The van der Waals surface area contributed by atoms with Crippen LogP contribution in [0.2, 0.25) is 0 Å². The average molecular weight is 308 g/mol. The lowest BCUT2D eigenvalue weighted by atomic mass is 10.1. The number of hydrogen-bond donors (Lipinski definition) is 2. The van der Waals surface area contributed by atoms with Crippen LogP contribution in [-0.2, 0) is 11.3 Å². The van der Waals surface area contributed by atoms with Crippen LogP contribution in [0.4, 0.5) is 5.69 Å². The van der Waals surface area contributed by atoms with E-state index in [1.807, 2.05) is 49.4 Å². The molecule has 0 aliphatic heterocycles. The fraction of sp³-hybridized carbons (Fsp3) is 0.118. The summed E-state index contributed by atoms with van der Waals surface area (Å²) in [6.07, 6.45) is 0. The van der Waals surface area contributed by atoms with Crippen molar-refractivity contribution in [2.45, 2.75) is 13.5 Å². The quantitative estimate of drug-likeness (QED) is 0.721. The molecule has 0 spiro atoms. The van der Waals surface area contributed by atoms with E-state index in [-0.39, 0.29) is 18.0 Å². The van der Waals surface area contributed by atoms with Crippen LogP contribution >= 0.6 is 0 Å². The van der Waals surface area contributed by atoms with E-state index in [1.54, 1.807) is 12.1 Å². The second-order valence-electron chi connectivity index (χ2n) is 5.13. The second kappa shape index (κ2) is 6.31. The molecule has 3 aromatic rings. The Balaban J connectivity index is 1.77. The Morgan fingerprint density at radius 2 is 1.70 bits per heavy atom. The zero-order valence-corrected chi connectivity index (χ0v) is 12.6. The maximum absolute atomic E-state index is 12.4. The predicted molar refractivity (Wildman–Crippen MR) is 88.9 cm³/mol. The number of amides is 1. The molecule has 2 N–H and O–H groups in total. The van der Waals surface area contributed by atoms with Crippen LogP contribution in [0.1, 0.15) is 5.69 Å². The monoisotopic (exact) mass is 308 g/mol. The van der Waals surface area contributed by atoms with Gasteiger partial charge >= 0.3 is 0 Å². The largest absolute Gasteiger partial charge is 0.299 e. The lowest BCUT2D eigenvalue weighted by Gasteiger charge is -2.10. The molecule has 2 aromatic carbocycles. The number of carbonyl (C=O) groups excluding carboxylic acids is 1. The number of rotatable bonds is 4. The van der Waals surface area contributed by atoms with Crippen LogP contribution in [0.25, 0.3) is 10.8 Å². The fourth-order valence-electron chi connectivity index (χ4n) is 2.35. The van der Waals surface area contributed by atoms with Gasteiger partial charge in [0.15, 0.2) is 0 Å². The van der Waals surface area contributed by atoms with E-state index in [2.05, 4.69) is 16.0 Å². The SMILES string of the molecule is Cc1nn(CC(=O)NNc2ccccc2)c(=O)c2ccccc12. The number of nitrogens with zero attached hydrogens (tertiary/aromatic N) is 2. The molecule has 0 saturated carbocycles. The molecule has 0 radical (unpaired) electrons. The molecular formula is C17H16N4O2. The summed E-state index contributed by atoms with van der Waals surface area (Å²) in [7, 11) is 0. The molecule has 0 fully saturated rings. The highest BCUT2D eigenvalue weighted by Crippen LogP contribution is 2.11. The van der Waals surface area contributed by atoms with Gasteiger partial charge in [-0.2, -0.15) is 5.10 Å². The molecule has 1 heterocycles. The second-order valence-corrected chi connectivity index (χ2v) is 5.13. The Hall–Kier alpha value is -3.15. The van der Waals surface area contributed by atoms with Crippen molar-refractivity contribution >= 4 is 22.4 Å². The molecule has 1 aromatic heterocycles. The summed E-state index contributed by atoms with van der Waals surface area (Å²) in [5.41, 5.74) is 6.54. The minimum absolute atomic E-state index is 0.148. The lowest BCUT2D eigenvalue weighted by molar-refractivity contribution is -0.121. The minimum atomic E-state index is -0.349. The number of hydrazine groups is 1. The van der Waals surface area contributed by atoms with Gasteiger partial charge in [-0.25, -0.2) is 4.68 Å². The number of aryl methyl sites for hydroxylation is 1. The van der Waals surface area contributed by atoms with Crippen LogP contribution < -0.4 is 16.4 Å². The number of aromatic nitrogens is 2. The zero-order chi connectivity index (χ0) is 16.2. The normalized spacial score (nSPS) is 10.5. The summed E-state index contributed by atoms with van der Waals surface area (Å²) in [6, 6.07) is 16.5. The first-order valence-electron chi connectivity index (χ1n) is 7.21. The third-order valence-corrected chi connectivity index (χ3v) is 3.47. The number of nitrogens with one attached hydrogen (secondary N) is 2. The molecule has 0 bridgehead atoms. The van der Waals surface area contributed by atoms with Crippen molar-refractivity contribution in [3.05, 3.63) is 70.6 Å². The molecule has 0 atom stereocenters. The van der Waals surface area contributed by atoms with Crippen LogP contribution in [0.15, 0.2) is 59.4 Å². The van der Waals surface area contributed by atoms with Gasteiger partial charge in [0.2, 0.25) is 0 Å². The highest BCUT2D eigenvalue weighted by molar-refractivity contribution is 5.83. The van der Waals surface area contributed by atoms with Crippen LogP contribution in [0.5, 0.6) is 0 Å². The highest BCUT2D eigenvalue weighted by atomic mass is 16.2. The Morgan fingerprint density at radius 1 is 1.04 bits per heavy atom. The van der Waals surface area contributed by atoms with E-state index in [0.717, 1.165) is 11.1 Å². The van der Waals surface area contributed by atoms with Crippen molar-refractivity contribution in [2.24, 2.45) is 0 Å². The predicted octanol–water partition coefficient (Wildman–Crippen LogP) is 1.85. The third kappa shape index (κ3) is 3.21. The summed E-state index contributed by atoms with van der Waals surface area (Å²) in [5.74, 6) is -0.349. The van der Waals surface area contributed by atoms with Crippen molar-refractivity contribution in [3.8, 4) is 0 Å². The van der Waals surface area contributed by atoms with Gasteiger partial charge in [0.25, 0.3) is 11.5 Å². The fourth-order valence-corrected chi connectivity index (χ4v) is 2.35. The van der Waals surface area contributed by atoms with E-state index in [0.29, 0.717) is 11.1 Å². The van der Waals surface area contributed by atoms with Gasteiger partial charge in [-0.15, -0.1) is 0 Å². The van der Waals surface area contributed by atoms with Crippen LogP contribution in [0.3, 0.4) is 0 Å². The smallest absolute Gasteiger partial charge is 0.275 e. The van der Waals surface area contributed by atoms with Crippen molar-refractivity contribution in [1.29, 1.82) is 0 Å². The van der Waals surface area contributed by atoms with Crippen LogP contribution in [0, 0.1) is 6.92 Å². The molecular weight excluding hydrogens is 292 g/mol. The Morgan fingerprint density at radius 3 is 2.43 bits per heavy atom. The van der Waals surface area contributed by atoms with Gasteiger partial charge in [-0.05, 0) is 25.1 Å². The van der Waals surface area contributed by atoms with E-state index >= 15 is 0 Å². The van der Waals surface area contributed by atoms with E-state index < -0.39 is 0 Å². The molecule has 3 rings (SSSR count). The first kappa shape index (κ1) is 14.8. The first-order chi connectivity index (χ1) is 11.1. The molecule has 0 aliphatic carbocycles. The van der Waals surface area contributed by atoms with E-state index in [9.17, 15) is 9.59 Å². The number of anilines is 1. The molecule has 0 saturated heterocycles. The van der Waals surface area contributed by atoms with E-state index in [4.69, 9.17) is 0 Å². The minimum Gasteiger partial charge on any atom is -0.299 e. The topological polar surface area (TPSA) is 76.0 Å². The summed E-state index contributed by atoms with van der Waals surface area (Å²) >= 11 is 0. The summed E-state index contributed by atoms with van der Waals surface area (Å²) < 4.78 is 1.18. The summed E-state index contributed by atoms with van der Waals surface area (Å²) in [4.78, 5) is 24.4. The van der Waals surface area contributed by atoms with Crippen molar-refractivity contribution in [1.82, 2.24) is 15.2 Å². The molecule has 6 heteroatoms. The standard InChI is InChI=1S/C17H16N4O2/c1-12-14-9-5-6-10-15(14)17(23)21(20-12)11-16(22)19-18-13-7-3-2-4-8-13/h2-10,18H,11H2,1H3,(H,19,22). The van der Waals surface area contributed by atoms with Gasteiger partial charge < -0.3 is 0 Å². The maximum atomic E-state index is 12.4. The maximum Gasteiger partial charge on any atom is 0.275 e. The third-order valence-electron chi connectivity index (χ3n) is 3.47. The van der Waals surface area contributed by atoms with Gasteiger partial charge in [-0.3, -0.25) is 20.4 Å². The molecule has 0 unspecified atom stereocenters. The van der Waals surface area contributed by atoms with E-state index in [1.165, 1.54) is 4.68 Å². The molecule has 1 amide bonds. The summed E-state index contributed by atoms with van der Waals surface area (Å²) in [6.45, 7) is 1.67. The number of fused-ring (bicyclic) bond motifs is 1. The van der Waals surface area contributed by atoms with Gasteiger partial charge in [0, 0.05) is 5.39 Å². The zero-order valence-electron chi connectivity index (χ0n) is 12.6. The summed E-state index contributed by atoms with van der Waals surface area (Å²) in [5, 5.41) is 5.57. The number of para-hydroxylation sites is 1. The van der Waals surface area contributed by atoms with Crippen molar-refractivity contribution < 1.29 is 4.79 Å². The molecule has 23 heavy (non-hydrogen) atoms. The van der Waals surface area contributed by atoms with Crippen molar-refractivity contribution in [3.63, 3.8) is 0 Å². The highest BCUT2D eigenvalue weighted by Gasteiger charge is 2.10. The van der Waals surface area contributed by atoms with Crippen molar-refractivity contribution in [2.75, 3.05) is 5.43 Å². The first-order valence-corrected chi connectivity index (χ1v) is 7.21. The van der Waals surface area contributed by atoms with Gasteiger partial charge in [-0.1, -0.05) is 36.4 Å². The number of benzene rings is 2.